The quantitative estimate of drug-likeness (QED) is 0.861. The Kier molecular flexibility index (Phi) is 4.20. The van der Waals surface area contributed by atoms with Gasteiger partial charge in [0.1, 0.15) is 18.2 Å². The molecule has 0 radical (unpaired) electrons. The summed E-state index contributed by atoms with van der Waals surface area (Å²) in [5.41, 5.74) is 4.64. The molecule has 0 amide bonds. The molecule has 0 fully saturated rings. The zero-order valence-corrected chi connectivity index (χ0v) is 12.8. The van der Waals surface area contributed by atoms with E-state index in [2.05, 4.69) is 23.3 Å². The standard InChI is InChI=1S/C18H19FN2O/c1-12-3-5-15-13(9-12)11-21-18(15)16-6-4-14(10-17(16)19)22-8-7-20-2/h3-6,9-10,20H,7-8,11H2,1-2H3. The number of likely N-dealkylation sites (N-methyl/N-ethyl adjacent to an activating group) is 1. The van der Waals surface area contributed by atoms with Crippen molar-refractivity contribution in [1.82, 2.24) is 5.32 Å². The van der Waals surface area contributed by atoms with E-state index in [-0.39, 0.29) is 5.82 Å². The molecule has 2 aromatic carbocycles. The molecule has 0 aliphatic carbocycles. The molecule has 0 unspecified atom stereocenters. The van der Waals surface area contributed by atoms with E-state index < -0.39 is 0 Å². The summed E-state index contributed by atoms with van der Waals surface area (Å²) >= 11 is 0. The van der Waals surface area contributed by atoms with Gasteiger partial charge in [0.25, 0.3) is 0 Å². The van der Waals surface area contributed by atoms with Gasteiger partial charge >= 0.3 is 0 Å². The first-order valence-electron chi connectivity index (χ1n) is 7.40. The average molecular weight is 298 g/mol. The average Bonchev–Trinajstić information content (AvgIpc) is 2.90. The molecule has 0 aromatic heterocycles. The Labute approximate surface area is 129 Å². The maximum absolute atomic E-state index is 14.4. The van der Waals surface area contributed by atoms with Crippen molar-refractivity contribution in [1.29, 1.82) is 0 Å². The molecule has 2 aromatic rings. The molecule has 3 rings (SSSR count). The third-order valence-corrected chi connectivity index (χ3v) is 3.74. The summed E-state index contributed by atoms with van der Waals surface area (Å²) in [5, 5.41) is 2.99. The second-order valence-electron chi connectivity index (χ2n) is 5.42. The normalized spacial score (nSPS) is 13.0. The minimum absolute atomic E-state index is 0.297. The van der Waals surface area contributed by atoms with Gasteiger partial charge < -0.3 is 10.1 Å². The van der Waals surface area contributed by atoms with Gasteiger partial charge in [-0.2, -0.15) is 0 Å². The molecule has 3 nitrogen and oxygen atoms in total. The number of ether oxygens (including phenoxy) is 1. The molecule has 1 aliphatic heterocycles. The maximum Gasteiger partial charge on any atom is 0.136 e. The molecule has 114 valence electrons. The zero-order chi connectivity index (χ0) is 15.5. The van der Waals surface area contributed by atoms with E-state index in [4.69, 9.17) is 4.74 Å². The second kappa shape index (κ2) is 6.28. The number of fused-ring (bicyclic) bond motifs is 1. The Hall–Kier alpha value is -2.20. The number of nitrogens with one attached hydrogen (secondary N) is 1. The van der Waals surface area contributed by atoms with Crippen LogP contribution in [0.5, 0.6) is 5.75 Å². The highest BCUT2D eigenvalue weighted by Gasteiger charge is 2.20. The van der Waals surface area contributed by atoms with Crippen LogP contribution >= 0.6 is 0 Å². The van der Waals surface area contributed by atoms with E-state index in [0.29, 0.717) is 24.5 Å². The molecule has 0 bridgehead atoms. The smallest absolute Gasteiger partial charge is 0.136 e. The maximum atomic E-state index is 14.4. The summed E-state index contributed by atoms with van der Waals surface area (Å²) in [4.78, 5) is 4.51. The van der Waals surface area contributed by atoms with Crippen molar-refractivity contribution >= 4 is 5.71 Å². The monoisotopic (exact) mass is 298 g/mol. The van der Waals surface area contributed by atoms with Crippen LogP contribution in [0.25, 0.3) is 0 Å². The van der Waals surface area contributed by atoms with Crippen molar-refractivity contribution in [3.63, 3.8) is 0 Å². The van der Waals surface area contributed by atoms with Crippen molar-refractivity contribution in [2.45, 2.75) is 13.5 Å². The van der Waals surface area contributed by atoms with Gasteiger partial charge in [0.2, 0.25) is 0 Å². The number of hydrogen-bond acceptors (Lipinski definition) is 3. The zero-order valence-electron chi connectivity index (χ0n) is 12.8. The Balaban J connectivity index is 1.85. The highest BCUT2D eigenvalue weighted by atomic mass is 19.1. The minimum atomic E-state index is -0.297. The highest BCUT2D eigenvalue weighted by molar-refractivity contribution is 6.15. The molecule has 0 atom stereocenters. The fourth-order valence-electron chi connectivity index (χ4n) is 2.61. The van der Waals surface area contributed by atoms with E-state index in [1.165, 1.54) is 11.6 Å². The lowest BCUT2D eigenvalue weighted by atomic mass is 9.98. The Morgan fingerprint density at radius 1 is 1.18 bits per heavy atom. The number of hydrogen-bond donors (Lipinski definition) is 1. The molecule has 0 saturated carbocycles. The first-order valence-corrected chi connectivity index (χ1v) is 7.40. The number of nitrogens with zero attached hydrogens (tertiary/aromatic N) is 1. The molecule has 1 aliphatic rings. The molecule has 1 N–H and O–H groups in total. The van der Waals surface area contributed by atoms with Crippen LogP contribution in [0.4, 0.5) is 4.39 Å². The van der Waals surface area contributed by atoms with Gasteiger partial charge in [0.05, 0.1) is 12.3 Å². The predicted molar refractivity (Wildman–Crippen MR) is 86.3 cm³/mol. The summed E-state index contributed by atoms with van der Waals surface area (Å²) in [6, 6.07) is 11.1. The van der Waals surface area contributed by atoms with Gasteiger partial charge in [0, 0.05) is 23.7 Å². The van der Waals surface area contributed by atoms with E-state index in [0.717, 1.165) is 23.4 Å². The minimum Gasteiger partial charge on any atom is -0.492 e. The lowest BCUT2D eigenvalue weighted by Crippen LogP contribution is -2.16. The van der Waals surface area contributed by atoms with Crippen molar-refractivity contribution in [2.24, 2.45) is 4.99 Å². The largest absolute Gasteiger partial charge is 0.492 e. The van der Waals surface area contributed by atoms with E-state index in [1.54, 1.807) is 12.1 Å². The summed E-state index contributed by atoms with van der Waals surface area (Å²) in [7, 11) is 1.85. The first kappa shape index (κ1) is 14.7. The fourth-order valence-corrected chi connectivity index (χ4v) is 2.61. The Morgan fingerprint density at radius 3 is 2.77 bits per heavy atom. The highest BCUT2D eigenvalue weighted by Crippen LogP contribution is 2.27. The molecule has 4 heteroatoms. The predicted octanol–water partition coefficient (Wildman–Crippen LogP) is 3.08. The van der Waals surface area contributed by atoms with Crippen molar-refractivity contribution in [3.8, 4) is 5.75 Å². The van der Waals surface area contributed by atoms with E-state index in [9.17, 15) is 4.39 Å². The lowest BCUT2D eigenvalue weighted by molar-refractivity contribution is 0.317. The third kappa shape index (κ3) is 2.88. The van der Waals surface area contributed by atoms with Crippen LogP contribution < -0.4 is 10.1 Å². The van der Waals surface area contributed by atoms with Gasteiger partial charge in [-0.05, 0) is 31.7 Å². The van der Waals surface area contributed by atoms with Crippen LogP contribution in [-0.2, 0) is 6.54 Å². The van der Waals surface area contributed by atoms with Gasteiger partial charge in [-0.3, -0.25) is 4.99 Å². The van der Waals surface area contributed by atoms with Gasteiger partial charge in [-0.1, -0.05) is 23.8 Å². The molecule has 1 heterocycles. The third-order valence-electron chi connectivity index (χ3n) is 3.74. The molecule has 0 saturated heterocycles. The lowest BCUT2D eigenvalue weighted by Gasteiger charge is -2.09. The topological polar surface area (TPSA) is 33.6 Å². The molecular weight excluding hydrogens is 279 g/mol. The van der Waals surface area contributed by atoms with Gasteiger partial charge in [-0.25, -0.2) is 4.39 Å². The SMILES string of the molecule is CNCCOc1ccc(C2=NCc3cc(C)ccc32)c(F)c1. The molecular formula is C18H19FN2O. The van der Waals surface area contributed by atoms with Crippen LogP contribution in [0.2, 0.25) is 0 Å². The Morgan fingerprint density at radius 2 is 2.00 bits per heavy atom. The molecule has 22 heavy (non-hydrogen) atoms. The van der Waals surface area contributed by atoms with E-state index in [1.807, 2.05) is 19.2 Å². The number of aryl methyl sites for hydroxylation is 1. The van der Waals surface area contributed by atoms with Gasteiger partial charge in [-0.15, -0.1) is 0 Å². The number of halogens is 1. The fraction of sp³-hybridized carbons (Fsp3) is 0.278. The molecule has 0 spiro atoms. The van der Waals surface area contributed by atoms with Crippen LogP contribution in [0.1, 0.15) is 22.3 Å². The van der Waals surface area contributed by atoms with Crippen LogP contribution in [0.15, 0.2) is 41.4 Å². The van der Waals surface area contributed by atoms with Crippen molar-refractivity contribution in [3.05, 3.63) is 64.5 Å². The van der Waals surface area contributed by atoms with Crippen LogP contribution in [-0.4, -0.2) is 25.9 Å². The first-order chi connectivity index (χ1) is 10.7. The van der Waals surface area contributed by atoms with Crippen LogP contribution in [0.3, 0.4) is 0 Å². The van der Waals surface area contributed by atoms with E-state index >= 15 is 0 Å². The van der Waals surface area contributed by atoms with Gasteiger partial charge in [0.15, 0.2) is 0 Å². The summed E-state index contributed by atoms with van der Waals surface area (Å²) < 4.78 is 19.9. The summed E-state index contributed by atoms with van der Waals surface area (Å²) in [6.07, 6.45) is 0. The number of benzene rings is 2. The number of rotatable bonds is 5. The van der Waals surface area contributed by atoms with Crippen molar-refractivity contribution < 1.29 is 9.13 Å². The van der Waals surface area contributed by atoms with Crippen molar-refractivity contribution in [2.75, 3.05) is 20.2 Å². The van der Waals surface area contributed by atoms with Crippen LogP contribution in [0, 0.1) is 12.7 Å². The second-order valence-corrected chi connectivity index (χ2v) is 5.42. The Bertz CT molecular complexity index is 725. The summed E-state index contributed by atoms with van der Waals surface area (Å²) in [5.74, 6) is 0.244. The number of aliphatic imine (C=N–C) groups is 1. The summed E-state index contributed by atoms with van der Waals surface area (Å²) in [6.45, 7) is 3.91.